The van der Waals surface area contributed by atoms with Gasteiger partial charge in [-0.25, -0.2) is 0 Å². The minimum atomic E-state index is -0.243. The average molecular weight is 414 g/mol. The van der Waals surface area contributed by atoms with Crippen LogP contribution in [0.15, 0.2) is 30.4 Å². The Balaban J connectivity index is 1.21. The van der Waals surface area contributed by atoms with Crippen molar-refractivity contribution in [3.63, 3.8) is 0 Å². The highest BCUT2D eigenvalue weighted by Crippen LogP contribution is 2.52. The molecule has 7 heteroatoms. The quantitative estimate of drug-likeness (QED) is 0.562. The van der Waals surface area contributed by atoms with Gasteiger partial charge >= 0.3 is 0 Å². The van der Waals surface area contributed by atoms with E-state index in [-0.39, 0.29) is 47.9 Å². The molecule has 3 amide bonds. The van der Waals surface area contributed by atoms with Crippen LogP contribution in [0.2, 0.25) is 5.02 Å². The van der Waals surface area contributed by atoms with Crippen LogP contribution in [0.5, 0.6) is 0 Å². The zero-order valence-corrected chi connectivity index (χ0v) is 17.1. The van der Waals surface area contributed by atoms with E-state index in [1.165, 1.54) is 4.90 Å². The van der Waals surface area contributed by atoms with Crippen LogP contribution in [0.1, 0.15) is 12.0 Å². The first kappa shape index (κ1) is 18.7. The number of halogens is 1. The van der Waals surface area contributed by atoms with Crippen LogP contribution < -0.4 is 4.90 Å². The minimum Gasteiger partial charge on any atom is -0.368 e. The number of amides is 3. The molecule has 4 unspecified atom stereocenters. The Kier molecular flexibility index (Phi) is 4.42. The van der Waals surface area contributed by atoms with Gasteiger partial charge in [-0.05, 0) is 42.9 Å². The molecule has 29 heavy (non-hydrogen) atoms. The van der Waals surface area contributed by atoms with Gasteiger partial charge in [0.05, 0.1) is 11.8 Å². The molecule has 2 heterocycles. The number of anilines is 1. The fourth-order valence-electron chi connectivity index (χ4n) is 5.48. The molecule has 3 fully saturated rings. The van der Waals surface area contributed by atoms with Gasteiger partial charge in [0.15, 0.2) is 0 Å². The molecule has 5 rings (SSSR count). The molecule has 0 N–H and O–H groups in total. The molecule has 0 radical (unpaired) electrons. The van der Waals surface area contributed by atoms with Crippen LogP contribution in [0, 0.1) is 30.6 Å². The van der Waals surface area contributed by atoms with Gasteiger partial charge in [-0.3, -0.25) is 19.3 Å². The number of rotatable bonds is 3. The number of hydrogen-bond acceptors (Lipinski definition) is 4. The Morgan fingerprint density at radius 3 is 2.28 bits per heavy atom. The van der Waals surface area contributed by atoms with E-state index < -0.39 is 0 Å². The lowest BCUT2D eigenvalue weighted by Gasteiger charge is -2.37. The van der Waals surface area contributed by atoms with E-state index in [0.717, 1.165) is 17.7 Å². The van der Waals surface area contributed by atoms with Gasteiger partial charge in [0.2, 0.25) is 17.7 Å². The lowest BCUT2D eigenvalue weighted by Crippen LogP contribution is -2.52. The molecule has 0 aromatic heterocycles. The first-order valence-corrected chi connectivity index (χ1v) is 10.6. The lowest BCUT2D eigenvalue weighted by atomic mass is 9.85. The Morgan fingerprint density at radius 2 is 1.66 bits per heavy atom. The maximum atomic E-state index is 12.8. The van der Waals surface area contributed by atoms with Crippen LogP contribution in [0.3, 0.4) is 0 Å². The van der Waals surface area contributed by atoms with Crippen molar-refractivity contribution in [3.05, 3.63) is 40.9 Å². The second-order valence-electron chi connectivity index (χ2n) is 8.56. The molecule has 2 bridgehead atoms. The second-order valence-corrected chi connectivity index (χ2v) is 9.00. The number of piperazine rings is 1. The summed E-state index contributed by atoms with van der Waals surface area (Å²) in [6, 6.07) is 5.83. The van der Waals surface area contributed by atoms with Crippen molar-refractivity contribution < 1.29 is 14.4 Å². The summed E-state index contributed by atoms with van der Waals surface area (Å²) in [4.78, 5) is 43.6. The van der Waals surface area contributed by atoms with E-state index in [9.17, 15) is 14.4 Å². The topological polar surface area (TPSA) is 60.9 Å². The van der Waals surface area contributed by atoms with E-state index in [4.69, 9.17) is 11.6 Å². The summed E-state index contributed by atoms with van der Waals surface area (Å²) in [5.74, 6) is -0.593. The van der Waals surface area contributed by atoms with Gasteiger partial charge < -0.3 is 9.80 Å². The Hall–Kier alpha value is -2.34. The van der Waals surface area contributed by atoms with Gasteiger partial charge in [0.1, 0.15) is 6.54 Å². The van der Waals surface area contributed by atoms with Gasteiger partial charge in [-0.15, -0.1) is 0 Å². The summed E-state index contributed by atoms with van der Waals surface area (Å²) in [6.45, 7) is 4.47. The summed E-state index contributed by atoms with van der Waals surface area (Å²) < 4.78 is 0. The molecule has 152 valence electrons. The molecule has 1 aromatic carbocycles. The van der Waals surface area contributed by atoms with Crippen LogP contribution in [0.4, 0.5) is 5.69 Å². The number of allylic oxidation sites excluding steroid dienone is 2. The molecule has 1 saturated carbocycles. The van der Waals surface area contributed by atoms with Crippen molar-refractivity contribution in [2.45, 2.75) is 13.3 Å². The van der Waals surface area contributed by atoms with Crippen molar-refractivity contribution in [2.24, 2.45) is 23.7 Å². The fourth-order valence-corrected chi connectivity index (χ4v) is 5.64. The summed E-state index contributed by atoms with van der Waals surface area (Å²) in [7, 11) is 0. The van der Waals surface area contributed by atoms with E-state index in [2.05, 4.69) is 17.1 Å². The predicted octanol–water partition coefficient (Wildman–Crippen LogP) is 2.10. The van der Waals surface area contributed by atoms with Crippen molar-refractivity contribution >= 4 is 35.0 Å². The molecule has 2 aliphatic carbocycles. The van der Waals surface area contributed by atoms with Crippen molar-refractivity contribution in [3.8, 4) is 0 Å². The SMILES string of the molecule is Cc1ccc(Cl)cc1N1CCN(C(=O)CN2C(=O)C3C4C=CC(C4)C3C2=O)CC1. The third-order valence-corrected chi connectivity index (χ3v) is 7.23. The van der Waals surface area contributed by atoms with Gasteiger partial charge in [0.25, 0.3) is 0 Å². The molecular formula is C22H24ClN3O3. The number of carbonyl (C=O) groups is 3. The maximum absolute atomic E-state index is 12.8. The standard InChI is InChI=1S/C22H24ClN3O3/c1-13-2-5-16(23)11-17(13)24-6-8-25(9-7-24)18(27)12-26-21(28)19-14-3-4-15(10-14)20(19)22(26)29/h2-5,11,14-15,19-20H,6-10,12H2,1H3. The summed E-state index contributed by atoms with van der Waals surface area (Å²) in [6.07, 6.45) is 5.04. The Morgan fingerprint density at radius 1 is 1.03 bits per heavy atom. The highest BCUT2D eigenvalue weighted by atomic mass is 35.5. The van der Waals surface area contributed by atoms with E-state index >= 15 is 0 Å². The van der Waals surface area contributed by atoms with Gasteiger partial charge in [-0.1, -0.05) is 29.8 Å². The van der Waals surface area contributed by atoms with E-state index in [1.54, 1.807) is 4.90 Å². The second kappa shape index (κ2) is 6.87. The van der Waals surface area contributed by atoms with Crippen molar-refractivity contribution in [2.75, 3.05) is 37.6 Å². The number of fused-ring (bicyclic) bond motifs is 5. The maximum Gasteiger partial charge on any atom is 0.242 e. The molecule has 2 saturated heterocycles. The zero-order valence-electron chi connectivity index (χ0n) is 16.4. The number of likely N-dealkylation sites (tertiary alicyclic amines) is 1. The van der Waals surface area contributed by atoms with E-state index in [1.807, 2.05) is 25.1 Å². The van der Waals surface area contributed by atoms with Gasteiger partial charge in [0, 0.05) is 36.9 Å². The highest BCUT2D eigenvalue weighted by Gasteiger charge is 2.59. The fraction of sp³-hybridized carbons (Fsp3) is 0.500. The van der Waals surface area contributed by atoms with Crippen molar-refractivity contribution in [1.29, 1.82) is 0 Å². The average Bonchev–Trinajstić information content (AvgIpc) is 3.40. The van der Waals surface area contributed by atoms with Crippen LogP contribution in [-0.4, -0.2) is 60.2 Å². The smallest absolute Gasteiger partial charge is 0.242 e. The molecule has 0 spiro atoms. The lowest BCUT2D eigenvalue weighted by molar-refractivity contribution is -0.147. The largest absolute Gasteiger partial charge is 0.368 e. The number of imide groups is 1. The summed E-state index contributed by atoms with van der Waals surface area (Å²) >= 11 is 6.14. The monoisotopic (exact) mass is 413 g/mol. The number of nitrogens with zero attached hydrogens (tertiary/aromatic N) is 3. The normalized spacial score (nSPS) is 30.5. The predicted molar refractivity (Wildman–Crippen MR) is 109 cm³/mol. The molecule has 4 atom stereocenters. The number of carbonyl (C=O) groups excluding carboxylic acids is 3. The van der Waals surface area contributed by atoms with Gasteiger partial charge in [-0.2, -0.15) is 0 Å². The molecular weight excluding hydrogens is 390 g/mol. The van der Waals surface area contributed by atoms with Crippen LogP contribution >= 0.6 is 11.6 Å². The summed E-state index contributed by atoms with van der Waals surface area (Å²) in [5, 5.41) is 0.698. The molecule has 6 nitrogen and oxygen atoms in total. The highest BCUT2D eigenvalue weighted by molar-refractivity contribution is 6.30. The Bertz CT molecular complexity index is 892. The van der Waals surface area contributed by atoms with Crippen LogP contribution in [-0.2, 0) is 14.4 Å². The summed E-state index contributed by atoms with van der Waals surface area (Å²) in [5.41, 5.74) is 2.24. The van der Waals surface area contributed by atoms with Crippen LogP contribution in [0.25, 0.3) is 0 Å². The number of hydrogen-bond donors (Lipinski definition) is 0. The third-order valence-electron chi connectivity index (χ3n) is 7.00. The molecule has 4 aliphatic rings. The molecule has 2 aliphatic heterocycles. The van der Waals surface area contributed by atoms with E-state index in [0.29, 0.717) is 31.2 Å². The number of benzene rings is 1. The van der Waals surface area contributed by atoms with Crippen molar-refractivity contribution in [1.82, 2.24) is 9.80 Å². The Labute approximate surface area is 175 Å². The first-order chi connectivity index (χ1) is 13.9. The minimum absolute atomic E-state index is 0.125. The third kappa shape index (κ3) is 2.96. The zero-order chi connectivity index (χ0) is 20.3. The number of aryl methyl sites for hydroxylation is 1. The molecule has 1 aromatic rings. The first-order valence-electron chi connectivity index (χ1n) is 10.3.